The number of imidazole rings is 1. The Hall–Kier alpha value is -1.60. The van der Waals surface area contributed by atoms with Gasteiger partial charge in [0.15, 0.2) is 0 Å². The monoisotopic (exact) mass is 372 g/mol. The number of carbonyl (C=O) groups excluding carboxylic acids is 1. The predicted molar refractivity (Wildman–Crippen MR) is 96.9 cm³/mol. The van der Waals surface area contributed by atoms with Gasteiger partial charge in [0.2, 0.25) is 5.91 Å². The van der Waals surface area contributed by atoms with Crippen molar-refractivity contribution in [3.63, 3.8) is 0 Å². The second kappa shape index (κ2) is 9.03. The summed E-state index contributed by atoms with van der Waals surface area (Å²) < 4.78 is 7.19. The second-order valence-corrected chi connectivity index (χ2v) is 5.59. The van der Waals surface area contributed by atoms with Crippen LogP contribution in [0.3, 0.4) is 0 Å². The molecule has 1 aromatic carbocycles. The first-order valence-corrected chi connectivity index (χ1v) is 7.40. The number of amides is 1. The number of halogens is 2. The Kier molecular flexibility index (Phi) is 7.69. The van der Waals surface area contributed by atoms with E-state index in [1.807, 2.05) is 35.0 Å². The third-order valence-electron chi connectivity index (χ3n) is 4.00. The lowest BCUT2D eigenvalue weighted by molar-refractivity contribution is -0.129. The van der Waals surface area contributed by atoms with Gasteiger partial charge in [-0.3, -0.25) is 4.79 Å². The van der Waals surface area contributed by atoms with E-state index in [0.29, 0.717) is 32.6 Å². The molecule has 1 amide bonds. The topological polar surface area (TPSA) is 82.2 Å². The molecule has 0 saturated carbocycles. The fourth-order valence-electron chi connectivity index (χ4n) is 2.56. The van der Waals surface area contributed by atoms with Crippen LogP contribution in [0.5, 0.6) is 0 Å². The Morgan fingerprint density at radius 1 is 1.33 bits per heavy atom. The number of rotatable bonds is 4. The summed E-state index contributed by atoms with van der Waals surface area (Å²) >= 11 is 0. The molecule has 1 aliphatic heterocycles. The van der Waals surface area contributed by atoms with Gasteiger partial charge in [0.1, 0.15) is 0 Å². The van der Waals surface area contributed by atoms with Crippen molar-refractivity contribution in [2.45, 2.75) is 24.9 Å². The van der Waals surface area contributed by atoms with E-state index in [1.54, 1.807) is 12.5 Å². The molecule has 0 radical (unpaired) electrons. The van der Waals surface area contributed by atoms with Crippen molar-refractivity contribution in [1.29, 1.82) is 0 Å². The molecule has 0 atom stereocenters. The lowest BCUT2D eigenvalue weighted by Crippen LogP contribution is -2.56. The molecule has 132 valence electrons. The summed E-state index contributed by atoms with van der Waals surface area (Å²) in [4.78, 5) is 16.3. The zero-order valence-electron chi connectivity index (χ0n) is 13.2. The quantitative estimate of drug-likeness (QED) is 0.857. The van der Waals surface area contributed by atoms with Gasteiger partial charge in [-0.2, -0.15) is 0 Å². The van der Waals surface area contributed by atoms with Crippen molar-refractivity contribution in [3.8, 4) is 5.69 Å². The fraction of sp³-hybridized carbons (Fsp3) is 0.375. The summed E-state index contributed by atoms with van der Waals surface area (Å²) in [5.74, 6) is -0.108. The smallest absolute Gasteiger partial charge is 0.240 e. The number of nitrogens with two attached hydrogens (primary N) is 1. The van der Waals surface area contributed by atoms with Crippen molar-refractivity contribution < 1.29 is 9.53 Å². The highest BCUT2D eigenvalue weighted by molar-refractivity contribution is 5.86. The molecule has 0 aliphatic carbocycles. The van der Waals surface area contributed by atoms with Crippen LogP contribution < -0.4 is 11.1 Å². The molecule has 6 nitrogen and oxygen atoms in total. The summed E-state index contributed by atoms with van der Waals surface area (Å²) in [5.41, 5.74) is 7.40. The maximum atomic E-state index is 12.3. The largest absolute Gasteiger partial charge is 0.381 e. The SMILES string of the molecule is Cl.Cl.NC1(C(=O)NCc2cccc(-n3ccnc3)c2)CCOCC1. The van der Waals surface area contributed by atoms with Crippen molar-refractivity contribution in [3.05, 3.63) is 48.5 Å². The van der Waals surface area contributed by atoms with Gasteiger partial charge in [0.05, 0.1) is 11.9 Å². The number of hydrogen-bond acceptors (Lipinski definition) is 4. The van der Waals surface area contributed by atoms with Gasteiger partial charge in [-0.25, -0.2) is 4.98 Å². The van der Waals surface area contributed by atoms with Crippen LogP contribution in [0.1, 0.15) is 18.4 Å². The van der Waals surface area contributed by atoms with Crippen LogP contribution >= 0.6 is 24.8 Å². The molecule has 0 spiro atoms. The van der Waals surface area contributed by atoms with Crippen molar-refractivity contribution in [2.75, 3.05) is 13.2 Å². The van der Waals surface area contributed by atoms with Crippen LogP contribution in [-0.4, -0.2) is 34.2 Å². The van der Waals surface area contributed by atoms with E-state index in [0.717, 1.165) is 11.3 Å². The Labute approximate surface area is 153 Å². The van der Waals surface area contributed by atoms with E-state index >= 15 is 0 Å². The zero-order valence-corrected chi connectivity index (χ0v) is 14.8. The number of benzene rings is 1. The van der Waals surface area contributed by atoms with Crippen LogP contribution in [0, 0.1) is 0 Å². The van der Waals surface area contributed by atoms with Crippen molar-refractivity contribution in [2.24, 2.45) is 5.73 Å². The van der Waals surface area contributed by atoms with Crippen LogP contribution in [0.4, 0.5) is 0 Å². The molecule has 2 heterocycles. The van der Waals surface area contributed by atoms with Crippen LogP contribution in [-0.2, 0) is 16.1 Å². The molecule has 1 saturated heterocycles. The summed E-state index contributed by atoms with van der Waals surface area (Å²) in [6, 6.07) is 7.96. The van der Waals surface area contributed by atoms with Crippen LogP contribution in [0.25, 0.3) is 5.69 Å². The molecule has 0 unspecified atom stereocenters. The number of aromatic nitrogens is 2. The minimum atomic E-state index is -0.805. The maximum absolute atomic E-state index is 12.3. The molecule has 2 aromatic rings. The maximum Gasteiger partial charge on any atom is 0.240 e. The number of nitrogens with one attached hydrogen (secondary N) is 1. The lowest BCUT2D eigenvalue weighted by Gasteiger charge is -2.31. The molecule has 1 aromatic heterocycles. The Morgan fingerprint density at radius 3 is 2.75 bits per heavy atom. The Balaban J connectivity index is 0.00000144. The van der Waals surface area contributed by atoms with E-state index in [-0.39, 0.29) is 30.7 Å². The first-order valence-electron chi connectivity index (χ1n) is 7.40. The van der Waals surface area contributed by atoms with Gasteiger partial charge in [-0.15, -0.1) is 24.8 Å². The molecular formula is C16H22Cl2N4O2. The predicted octanol–water partition coefficient (Wildman–Crippen LogP) is 1.84. The third kappa shape index (κ3) is 4.70. The molecule has 1 fully saturated rings. The van der Waals surface area contributed by atoms with Gasteiger partial charge in [0.25, 0.3) is 0 Å². The number of hydrogen-bond donors (Lipinski definition) is 2. The normalized spacial score (nSPS) is 15.7. The van der Waals surface area contributed by atoms with Gasteiger partial charge in [0, 0.05) is 37.8 Å². The number of nitrogens with zero attached hydrogens (tertiary/aromatic N) is 2. The van der Waals surface area contributed by atoms with Gasteiger partial charge >= 0.3 is 0 Å². The molecule has 3 N–H and O–H groups in total. The summed E-state index contributed by atoms with van der Waals surface area (Å²) in [7, 11) is 0. The van der Waals surface area contributed by atoms with Gasteiger partial charge < -0.3 is 20.4 Å². The average molecular weight is 373 g/mol. The minimum absolute atomic E-state index is 0. The number of carbonyl (C=O) groups is 1. The van der Waals surface area contributed by atoms with Crippen molar-refractivity contribution >= 4 is 30.7 Å². The Bertz CT molecular complexity index is 643. The highest BCUT2D eigenvalue weighted by Crippen LogP contribution is 2.18. The van der Waals surface area contributed by atoms with E-state index in [4.69, 9.17) is 10.5 Å². The molecule has 1 aliphatic rings. The fourth-order valence-corrected chi connectivity index (χ4v) is 2.56. The van der Waals surface area contributed by atoms with Gasteiger partial charge in [-0.1, -0.05) is 12.1 Å². The first kappa shape index (κ1) is 20.4. The van der Waals surface area contributed by atoms with Crippen LogP contribution in [0.2, 0.25) is 0 Å². The second-order valence-electron chi connectivity index (χ2n) is 5.59. The molecule has 3 rings (SSSR count). The lowest BCUT2D eigenvalue weighted by atomic mass is 9.90. The van der Waals surface area contributed by atoms with Gasteiger partial charge in [-0.05, 0) is 30.5 Å². The summed E-state index contributed by atoms with van der Waals surface area (Å²) in [5, 5.41) is 2.94. The minimum Gasteiger partial charge on any atom is -0.381 e. The van der Waals surface area contributed by atoms with E-state index in [1.165, 1.54) is 0 Å². The highest BCUT2D eigenvalue weighted by atomic mass is 35.5. The average Bonchev–Trinajstić information content (AvgIpc) is 3.08. The highest BCUT2D eigenvalue weighted by Gasteiger charge is 2.35. The summed E-state index contributed by atoms with van der Waals surface area (Å²) in [6.45, 7) is 1.54. The summed E-state index contributed by atoms with van der Waals surface area (Å²) in [6.07, 6.45) is 6.49. The van der Waals surface area contributed by atoms with Crippen molar-refractivity contribution in [1.82, 2.24) is 14.9 Å². The van der Waals surface area contributed by atoms with E-state index < -0.39 is 5.54 Å². The molecule has 8 heteroatoms. The molecule has 0 bridgehead atoms. The zero-order chi connectivity index (χ0) is 15.4. The molecular weight excluding hydrogens is 351 g/mol. The third-order valence-corrected chi connectivity index (χ3v) is 4.00. The Morgan fingerprint density at radius 2 is 2.08 bits per heavy atom. The van der Waals surface area contributed by atoms with E-state index in [2.05, 4.69) is 10.3 Å². The van der Waals surface area contributed by atoms with E-state index in [9.17, 15) is 4.79 Å². The molecule has 24 heavy (non-hydrogen) atoms. The van der Waals surface area contributed by atoms with Crippen LogP contribution in [0.15, 0.2) is 43.0 Å². The number of ether oxygens (including phenoxy) is 1. The standard InChI is InChI=1S/C16H20N4O2.2ClH/c17-16(4-8-22-9-5-16)15(21)19-11-13-2-1-3-14(10-13)20-7-6-18-12-20;;/h1-3,6-7,10,12H,4-5,8-9,11,17H2,(H,19,21);2*1H. The first-order chi connectivity index (χ1) is 10.7.